The smallest absolute Gasteiger partial charge is 0.310 e. The van der Waals surface area contributed by atoms with E-state index in [1.807, 2.05) is 44.2 Å². The fourth-order valence-corrected chi connectivity index (χ4v) is 9.78. The van der Waals surface area contributed by atoms with Crippen LogP contribution in [0, 0.1) is 17.8 Å². The lowest BCUT2D eigenvalue weighted by Crippen LogP contribution is -2.58. The van der Waals surface area contributed by atoms with Crippen molar-refractivity contribution >= 4 is 45.5 Å². The maximum absolute atomic E-state index is 14.4. The number of nitrogens with zero attached hydrogens (tertiary/aromatic N) is 2. The summed E-state index contributed by atoms with van der Waals surface area (Å²) in [6.07, 6.45) is 2.28. The summed E-state index contributed by atoms with van der Waals surface area (Å²) in [5.41, 5.74) is 0.978. The number of carbonyl (C=O) groups excluding carboxylic acids is 3. The SMILES string of the molecule is C=CCN(Cc1ccccc1)C(=O)C1N([C@@H](CO)C(C)C)C(=O)[C@@H]2[C@@H](C(=O)OCC)[C@@H]3SC12CC3Br. The van der Waals surface area contributed by atoms with Crippen molar-refractivity contribution in [3.05, 3.63) is 48.6 Å². The first kappa shape index (κ1) is 27.2. The third-order valence-electron chi connectivity index (χ3n) is 7.71. The van der Waals surface area contributed by atoms with E-state index in [1.165, 1.54) is 0 Å². The Hall–Kier alpha value is -1.84. The molecule has 7 atom stereocenters. The molecule has 3 saturated heterocycles. The van der Waals surface area contributed by atoms with Crippen molar-refractivity contribution in [3.8, 4) is 0 Å². The Labute approximate surface area is 225 Å². The maximum Gasteiger partial charge on any atom is 0.310 e. The molecule has 196 valence electrons. The van der Waals surface area contributed by atoms with Crippen molar-refractivity contribution in [1.82, 2.24) is 9.80 Å². The number of alkyl halides is 1. The van der Waals surface area contributed by atoms with E-state index in [4.69, 9.17) is 4.74 Å². The van der Waals surface area contributed by atoms with Crippen molar-refractivity contribution in [2.75, 3.05) is 19.8 Å². The van der Waals surface area contributed by atoms with Crippen LogP contribution in [0.2, 0.25) is 0 Å². The number of rotatable bonds is 10. The predicted octanol–water partition coefficient (Wildman–Crippen LogP) is 3.25. The lowest BCUT2D eigenvalue weighted by molar-refractivity contribution is -0.154. The van der Waals surface area contributed by atoms with Crippen LogP contribution in [-0.2, 0) is 25.7 Å². The molecule has 0 aromatic heterocycles. The minimum Gasteiger partial charge on any atom is -0.466 e. The van der Waals surface area contributed by atoms with Crippen LogP contribution < -0.4 is 0 Å². The molecule has 36 heavy (non-hydrogen) atoms. The monoisotopic (exact) mass is 578 g/mol. The van der Waals surface area contributed by atoms with Crippen LogP contribution in [0.3, 0.4) is 0 Å². The molecule has 1 aromatic carbocycles. The van der Waals surface area contributed by atoms with Crippen molar-refractivity contribution in [3.63, 3.8) is 0 Å². The lowest BCUT2D eigenvalue weighted by Gasteiger charge is -2.41. The Morgan fingerprint density at radius 3 is 2.64 bits per heavy atom. The van der Waals surface area contributed by atoms with Gasteiger partial charge in [0.2, 0.25) is 11.8 Å². The normalized spacial score (nSPS) is 31.4. The van der Waals surface area contributed by atoms with Crippen molar-refractivity contribution < 1.29 is 24.2 Å². The number of aliphatic hydroxyl groups excluding tert-OH is 1. The third-order valence-corrected chi connectivity index (χ3v) is 10.9. The van der Waals surface area contributed by atoms with Gasteiger partial charge in [0.05, 0.1) is 35.8 Å². The van der Waals surface area contributed by atoms with Gasteiger partial charge < -0.3 is 19.6 Å². The van der Waals surface area contributed by atoms with E-state index in [0.29, 0.717) is 19.5 Å². The van der Waals surface area contributed by atoms with Crippen LogP contribution in [0.25, 0.3) is 0 Å². The predicted molar refractivity (Wildman–Crippen MR) is 143 cm³/mol. The van der Waals surface area contributed by atoms with Gasteiger partial charge >= 0.3 is 5.97 Å². The molecule has 3 heterocycles. The highest BCUT2D eigenvalue weighted by Gasteiger charge is 2.76. The number of halogens is 1. The van der Waals surface area contributed by atoms with Crippen LogP contribution in [0.1, 0.15) is 32.8 Å². The molecule has 2 bridgehead atoms. The summed E-state index contributed by atoms with van der Waals surface area (Å²) in [7, 11) is 0. The summed E-state index contributed by atoms with van der Waals surface area (Å²) in [5.74, 6) is -2.16. The number of amides is 2. The largest absolute Gasteiger partial charge is 0.466 e. The van der Waals surface area contributed by atoms with Crippen LogP contribution >= 0.6 is 27.7 Å². The van der Waals surface area contributed by atoms with Gasteiger partial charge in [-0.2, -0.15) is 0 Å². The minimum absolute atomic E-state index is 0.0233. The van der Waals surface area contributed by atoms with Crippen molar-refractivity contribution in [1.29, 1.82) is 0 Å². The number of esters is 1. The Morgan fingerprint density at radius 1 is 1.36 bits per heavy atom. The first-order chi connectivity index (χ1) is 17.2. The molecule has 3 fully saturated rings. The maximum atomic E-state index is 14.4. The highest BCUT2D eigenvalue weighted by Crippen LogP contribution is 2.68. The average molecular weight is 580 g/mol. The second-order valence-corrected chi connectivity index (χ2v) is 12.9. The van der Waals surface area contributed by atoms with Gasteiger partial charge in [-0.15, -0.1) is 18.3 Å². The molecule has 0 aliphatic carbocycles. The van der Waals surface area contributed by atoms with Crippen LogP contribution in [0.5, 0.6) is 0 Å². The van der Waals surface area contributed by atoms with Gasteiger partial charge in [-0.25, -0.2) is 0 Å². The fraction of sp³-hybridized carbons (Fsp3) is 0.593. The van der Waals surface area contributed by atoms with Crippen LogP contribution in [0.15, 0.2) is 43.0 Å². The molecular weight excluding hydrogens is 544 g/mol. The first-order valence-corrected chi connectivity index (χ1v) is 14.4. The second-order valence-electron chi connectivity index (χ2n) is 10.1. The van der Waals surface area contributed by atoms with E-state index in [0.717, 1.165) is 5.56 Å². The van der Waals surface area contributed by atoms with Gasteiger partial charge in [-0.05, 0) is 24.8 Å². The van der Waals surface area contributed by atoms with E-state index in [-0.39, 0.29) is 47.0 Å². The summed E-state index contributed by atoms with van der Waals surface area (Å²) >= 11 is 5.34. The van der Waals surface area contributed by atoms with Crippen LogP contribution in [0.4, 0.5) is 0 Å². The van der Waals surface area contributed by atoms with Gasteiger partial charge in [0, 0.05) is 23.2 Å². The number of benzene rings is 1. The summed E-state index contributed by atoms with van der Waals surface area (Å²) in [6, 6.07) is 8.39. The zero-order valence-corrected chi connectivity index (χ0v) is 23.4. The van der Waals surface area contributed by atoms with Crippen LogP contribution in [-0.4, -0.2) is 79.4 Å². The summed E-state index contributed by atoms with van der Waals surface area (Å²) < 4.78 is 4.63. The molecule has 3 aliphatic heterocycles. The Morgan fingerprint density at radius 2 is 2.06 bits per heavy atom. The molecule has 0 saturated carbocycles. The number of carbonyl (C=O) groups is 3. The van der Waals surface area contributed by atoms with Crippen molar-refractivity contribution in [2.45, 2.75) is 60.6 Å². The van der Waals surface area contributed by atoms with Gasteiger partial charge in [0.1, 0.15) is 6.04 Å². The molecule has 3 unspecified atom stereocenters. The van der Waals surface area contributed by atoms with Gasteiger partial charge in [-0.3, -0.25) is 14.4 Å². The zero-order chi connectivity index (χ0) is 26.2. The van der Waals surface area contributed by atoms with E-state index in [1.54, 1.807) is 34.6 Å². The molecule has 1 aromatic rings. The van der Waals surface area contributed by atoms with Gasteiger partial charge in [0.15, 0.2) is 0 Å². The summed E-state index contributed by atoms with van der Waals surface area (Å²) in [4.78, 5) is 45.0. The molecular formula is C27H35BrN2O5S. The van der Waals surface area contributed by atoms with Gasteiger partial charge in [0.25, 0.3) is 0 Å². The standard InChI is InChI=1S/C27H35BrN2O5S/c1-5-12-29(14-17-10-8-7-9-11-17)25(33)23-27-13-18(28)22(36-27)20(26(34)35-6-2)21(27)24(32)30(23)19(15-31)16(3)4/h5,7-11,16,18-23,31H,1,6,12-15H2,2-4H3/t18?,19-,20+,21-,22+,23?,27?/m0/s1. The van der Waals surface area contributed by atoms with Crippen molar-refractivity contribution in [2.24, 2.45) is 17.8 Å². The molecule has 7 nitrogen and oxygen atoms in total. The molecule has 2 amide bonds. The minimum atomic E-state index is -0.798. The molecule has 4 rings (SSSR count). The number of ether oxygens (including phenoxy) is 1. The fourth-order valence-electron chi connectivity index (χ4n) is 6.20. The highest BCUT2D eigenvalue weighted by atomic mass is 79.9. The molecule has 1 spiro atoms. The molecule has 3 aliphatic rings. The third kappa shape index (κ3) is 4.41. The Kier molecular flexibility index (Phi) is 8.22. The summed E-state index contributed by atoms with van der Waals surface area (Å²) in [6.45, 7) is 10.2. The topological polar surface area (TPSA) is 87.2 Å². The number of hydrogen-bond donors (Lipinski definition) is 1. The number of fused-ring (bicyclic) bond motifs is 1. The zero-order valence-electron chi connectivity index (χ0n) is 21.0. The lowest BCUT2D eigenvalue weighted by atomic mass is 9.71. The average Bonchev–Trinajstić information content (AvgIpc) is 3.43. The molecule has 0 radical (unpaired) electrons. The van der Waals surface area contributed by atoms with E-state index in [9.17, 15) is 19.5 Å². The quantitative estimate of drug-likeness (QED) is 0.260. The Balaban J connectivity index is 1.80. The molecule has 9 heteroatoms. The Bertz CT molecular complexity index is 1010. The van der Waals surface area contributed by atoms with E-state index in [2.05, 4.69) is 22.5 Å². The molecule has 1 N–H and O–H groups in total. The highest BCUT2D eigenvalue weighted by molar-refractivity contribution is 9.09. The number of hydrogen-bond acceptors (Lipinski definition) is 6. The summed E-state index contributed by atoms with van der Waals surface area (Å²) in [5, 5.41) is 10.2. The van der Waals surface area contributed by atoms with E-state index >= 15 is 0 Å². The van der Waals surface area contributed by atoms with Gasteiger partial charge in [-0.1, -0.05) is 66.2 Å². The van der Waals surface area contributed by atoms with E-state index < -0.39 is 28.7 Å². The number of thioether (sulfide) groups is 1. The second kappa shape index (κ2) is 10.9. The first-order valence-electron chi connectivity index (χ1n) is 12.6. The number of likely N-dealkylation sites (tertiary alicyclic amines) is 1. The number of aliphatic hydroxyl groups is 1.